The van der Waals surface area contributed by atoms with Crippen molar-refractivity contribution in [2.45, 2.75) is 37.8 Å². The Labute approximate surface area is 155 Å². The van der Waals surface area contributed by atoms with Gasteiger partial charge in [-0.05, 0) is 43.9 Å². The van der Waals surface area contributed by atoms with Crippen molar-refractivity contribution in [1.29, 1.82) is 0 Å². The van der Waals surface area contributed by atoms with Crippen LogP contribution in [0.1, 0.15) is 37.4 Å². The SMILES string of the molecule is N/C(=N\O)c1cc2c(cn1)nc(-c1ccccc1F)n2C1CCCC(N)C1. The van der Waals surface area contributed by atoms with E-state index in [1.165, 1.54) is 6.07 Å². The molecule has 0 radical (unpaired) electrons. The normalized spacial score (nSPS) is 20.9. The topological polar surface area (TPSA) is 115 Å². The van der Waals surface area contributed by atoms with Crippen molar-refractivity contribution in [2.24, 2.45) is 16.6 Å². The van der Waals surface area contributed by atoms with Gasteiger partial charge in [0.2, 0.25) is 0 Å². The average Bonchev–Trinajstić information content (AvgIpc) is 3.06. The van der Waals surface area contributed by atoms with Gasteiger partial charge < -0.3 is 21.2 Å². The van der Waals surface area contributed by atoms with Crippen molar-refractivity contribution < 1.29 is 9.60 Å². The molecule has 5 N–H and O–H groups in total. The number of imidazole rings is 1. The Bertz CT molecular complexity index is 1010. The fraction of sp³-hybridized carbons (Fsp3) is 0.316. The van der Waals surface area contributed by atoms with Crippen molar-refractivity contribution in [2.75, 3.05) is 0 Å². The Morgan fingerprint density at radius 1 is 1.30 bits per heavy atom. The molecule has 1 fully saturated rings. The first-order valence-electron chi connectivity index (χ1n) is 8.95. The van der Waals surface area contributed by atoms with Gasteiger partial charge in [0.05, 0.1) is 17.3 Å². The van der Waals surface area contributed by atoms with E-state index in [0.29, 0.717) is 22.6 Å². The van der Waals surface area contributed by atoms with E-state index >= 15 is 0 Å². The summed E-state index contributed by atoms with van der Waals surface area (Å²) in [5.74, 6) is 0.122. The van der Waals surface area contributed by atoms with Gasteiger partial charge in [-0.15, -0.1) is 0 Å². The number of oxime groups is 1. The summed E-state index contributed by atoms with van der Waals surface area (Å²) in [6.45, 7) is 0. The summed E-state index contributed by atoms with van der Waals surface area (Å²) in [5.41, 5.74) is 14.1. The molecule has 2 heterocycles. The highest BCUT2D eigenvalue weighted by Gasteiger charge is 2.26. The van der Waals surface area contributed by atoms with Crippen molar-refractivity contribution in [3.63, 3.8) is 0 Å². The first kappa shape index (κ1) is 17.4. The maximum Gasteiger partial charge on any atom is 0.188 e. The third-order valence-corrected chi connectivity index (χ3v) is 5.11. The lowest BCUT2D eigenvalue weighted by Gasteiger charge is -2.29. The van der Waals surface area contributed by atoms with Gasteiger partial charge in [-0.1, -0.05) is 17.3 Å². The third-order valence-electron chi connectivity index (χ3n) is 5.11. The number of aromatic nitrogens is 3. The molecular formula is C19H21FN6O. The maximum absolute atomic E-state index is 14.5. The van der Waals surface area contributed by atoms with E-state index in [-0.39, 0.29) is 23.7 Å². The van der Waals surface area contributed by atoms with Gasteiger partial charge >= 0.3 is 0 Å². The summed E-state index contributed by atoms with van der Waals surface area (Å²) in [5, 5.41) is 12.0. The van der Waals surface area contributed by atoms with Crippen LogP contribution in [-0.2, 0) is 0 Å². The monoisotopic (exact) mass is 368 g/mol. The van der Waals surface area contributed by atoms with E-state index in [1.807, 2.05) is 4.57 Å². The van der Waals surface area contributed by atoms with Crippen LogP contribution < -0.4 is 11.5 Å². The second kappa shape index (κ2) is 6.96. The molecule has 0 aliphatic heterocycles. The first-order valence-corrected chi connectivity index (χ1v) is 8.95. The number of fused-ring (bicyclic) bond motifs is 1. The van der Waals surface area contributed by atoms with E-state index in [2.05, 4.69) is 15.1 Å². The molecular weight excluding hydrogens is 347 g/mol. The predicted octanol–water partition coefficient (Wildman–Crippen LogP) is 2.77. The minimum atomic E-state index is -0.334. The van der Waals surface area contributed by atoms with Crippen LogP contribution in [0.25, 0.3) is 22.4 Å². The lowest BCUT2D eigenvalue weighted by Crippen LogP contribution is -2.29. The minimum absolute atomic E-state index is 0.0857. The van der Waals surface area contributed by atoms with Crippen LogP contribution >= 0.6 is 0 Å². The van der Waals surface area contributed by atoms with E-state index in [0.717, 1.165) is 31.2 Å². The zero-order chi connectivity index (χ0) is 19.0. The van der Waals surface area contributed by atoms with Gasteiger partial charge in [-0.25, -0.2) is 9.37 Å². The van der Waals surface area contributed by atoms with Crippen molar-refractivity contribution >= 4 is 16.9 Å². The molecule has 0 saturated heterocycles. The van der Waals surface area contributed by atoms with Crippen LogP contribution in [0.5, 0.6) is 0 Å². The molecule has 2 atom stereocenters. The number of rotatable bonds is 3. The van der Waals surface area contributed by atoms with Gasteiger partial charge in [0.15, 0.2) is 5.84 Å². The highest BCUT2D eigenvalue weighted by atomic mass is 19.1. The zero-order valence-electron chi connectivity index (χ0n) is 14.7. The quantitative estimate of drug-likeness (QED) is 0.285. The molecule has 0 spiro atoms. The molecule has 0 amide bonds. The minimum Gasteiger partial charge on any atom is -0.409 e. The molecule has 8 heteroatoms. The van der Waals surface area contributed by atoms with Gasteiger partial charge in [0.1, 0.15) is 22.9 Å². The molecule has 1 aliphatic carbocycles. The summed E-state index contributed by atoms with van der Waals surface area (Å²) in [6.07, 6.45) is 5.26. The van der Waals surface area contributed by atoms with E-state index in [4.69, 9.17) is 16.7 Å². The van der Waals surface area contributed by atoms with Crippen LogP contribution in [0.3, 0.4) is 0 Å². The second-order valence-electron chi connectivity index (χ2n) is 6.91. The zero-order valence-corrected chi connectivity index (χ0v) is 14.7. The van der Waals surface area contributed by atoms with Crippen LogP contribution in [0.15, 0.2) is 41.7 Å². The highest BCUT2D eigenvalue weighted by molar-refractivity contribution is 5.98. The number of benzene rings is 1. The Balaban J connectivity index is 1.96. The number of pyridine rings is 1. The largest absolute Gasteiger partial charge is 0.409 e. The molecule has 3 aromatic rings. The molecule has 27 heavy (non-hydrogen) atoms. The number of nitrogens with zero attached hydrogens (tertiary/aromatic N) is 4. The summed E-state index contributed by atoms with van der Waals surface area (Å²) in [4.78, 5) is 8.84. The Morgan fingerprint density at radius 3 is 2.85 bits per heavy atom. The molecule has 2 aromatic heterocycles. The lowest BCUT2D eigenvalue weighted by molar-refractivity contribution is 0.318. The van der Waals surface area contributed by atoms with E-state index in [1.54, 1.807) is 30.5 Å². The van der Waals surface area contributed by atoms with Crippen molar-refractivity contribution in [3.05, 3.63) is 48.0 Å². The van der Waals surface area contributed by atoms with Gasteiger partial charge in [-0.2, -0.15) is 0 Å². The summed E-state index contributed by atoms with van der Waals surface area (Å²) < 4.78 is 16.6. The summed E-state index contributed by atoms with van der Waals surface area (Å²) in [7, 11) is 0. The molecule has 7 nitrogen and oxygen atoms in total. The summed E-state index contributed by atoms with van der Waals surface area (Å²) >= 11 is 0. The third kappa shape index (κ3) is 3.12. The van der Waals surface area contributed by atoms with Crippen molar-refractivity contribution in [3.8, 4) is 11.4 Å². The van der Waals surface area contributed by atoms with Gasteiger partial charge in [-0.3, -0.25) is 4.98 Å². The molecule has 1 aliphatic rings. The Hall–Kier alpha value is -3.00. The molecule has 1 aromatic carbocycles. The fourth-order valence-electron chi connectivity index (χ4n) is 3.83. The van der Waals surface area contributed by atoms with Gasteiger partial charge in [0.25, 0.3) is 0 Å². The van der Waals surface area contributed by atoms with Crippen LogP contribution in [0.4, 0.5) is 4.39 Å². The van der Waals surface area contributed by atoms with Crippen LogP contribution in [0, 0.1) is 5.82 Å². The average molecular weight is 368 g/mol. The summed E-state index contributed by atoms with van der Waals surface area (Å²) in [6, 6.07) is 8.49. The van der Waals surface area contributed by atoms with Gasteiger partial charge in [0, 0.05) is 12.1 Å². The first-order chi connectivity index (χ1) is 13.1. The Morgan fingerprint density at radius 2 is 2.11 bits per heavy atom. The number of hydrogen-bond acceptors (Lipinski definition) is 5. The Kier molecular flexibility index (Phi) is 4.49. The number of nitrogens with two attached hydrogens (primary N) is 2. The molecule has 2 unspecified atom stereocenters. The standard InChI is InChI=1S/C19H21FN6O/c20-14-7-2-1-6-13(14)19-24-16-10-23-15(18(22)25-27)9-17(16)26(19)12-5-3-4-11(21)8-12/h1-2,6-7,9-12,27H,3-5,8,21H2,(H2,22,25). The van der Waals surface area contributed by atoms with Crippen LogP contribution in [-0.4, -0.2) is 31.6 Å². The number of hydrogen-bond donors (Lipinski definition) is 3. The number of amidine groups is 1. The predicted molar refractivity (Wildman–Crippen MR) is 101 cm³/mol. The lowest BCUT2D eigenvalue weighted by atomic mass is 9.91. The molecule has 1 saturated carbocycles. The second-order valence-corrected chi connectivity index (χ2v) is 6.91. The highest BCUT2D eigenvalue weighted by Crippen LogP contribution is 2.36. The van der Waals surface area contributed by atoms with E-state index < -0.39 is 0 Å². The maximum atomic E-state index is 14.5. The molecule has 0 bridgehead atoms. The van der Waals surface area contributed by atoms with Crippen LogP contribution in [0.2, 0.25) is 0 Å². The van der Waals surface area contributed by atoms with Crippen molar-refractivity contribution in [1.82, 2.24) is 14.5 Å². The fourth-order valence-corrected chi connectivity index (χ4v) is 3.83. The molecule has 4 rings (SSSR count). The van der Waals surface area contributed by atoms with E-state index in [9.17, 15) is 4.39 Å². The molecule has 140 valence electrons. The number of halogens is 1. The smallest absolute Gasteiger partial charge is 0.188 e.